The highest BCUT2D eigenvalue weighted by Crippen LogP contribution is 2.64. The molecule has 4 aliphatic rings. The quantitative estimate of drug-likeness (QED) is 0.192. The number of allylic oxidation sites excluding steroid dienone is 1. The average Bonchev–Trinajstić information content (AvgIpc) is 3.30. The standard InChI is InChI=1S/C36H44O6/c1-22-32-29(40-20-23-7-11-25(38-5)12-8-23)19-28-27(33(32)42-34(22)37)15-16-30-35(2,3)18-17-31(36(28,30)4)41-21-24-9-13-26(39-6)14-10-24/h7-15,28-33H,1,16-21H2,2-6H3/t28-,29+,30-,31+,32-,33+,36+/m1/s1. The number of benzene rings is 2. The Hall–Kier alpha value is -3.09. The largest absolute Gasteiger partial charge is 0.497 e. The average molecular weight is 573 g/mol. The van der Waals surface area contributed by atoms with Gasteiger partial charge in [0.25, 0.3) is 0 Å². The number of carbonyl (C=O) groups excluding carboxylic acids is 1. The molecular formula is C36H44O6. The second kappa shape index (κ2) is 11.2. The van der Waals surface area contributed by atoms with Crippen LogP contribution in [-0.2, 0) is 32.2 Å². The van der Waals surface area contributed by atoms with Crippen molar-refractivity contribution in [2.24, 2.45) is 28.6 Å². The number of ether oxygens (including phenoxy) is 5. The molecule has 1 heterocycles. The summed E-state index contributed by atoms with van der Waals surface area (Å²) in [6, 6.07) is 16.1. The lowest BCUT2D eigenvalue weighted by Crippen LogP contribution is -2.60. The van der Waals surface area contributed by atoms with Crippen LogP contribution in [0.3, 0.4) is 0 Å². The maximum absolute atomic E-state index is 12.9. The molecule has 3 fully saturated rings. The number of carbonyl (C=O) groups is 1. The SMILES string of the molecule is C=C1C(=O)O[C@H]2C3=CC[C@@H]4C(C)(C)CC[C@H](OCc5ccc(OC)cc5)[C@@]4(C)[C@@H]3C[C@H](OCc3ccc(OC)cc3)[C@@H]12. The maximum atomic E-state index is 12.9. The zero-order valence-electron chi connectivity index (χ0n) is 25.6. The molecule has 0 radical (unpaired) electrons. The van der Waals surface area contributed by atoms with E-state index in [0.29, 0.717) is 24.7 Å². The van der Waals surface area contributed by atoms with E-state index in [-0.39, 0.29) is 46.9 Å². The van der Waals surface area contributed by atoms with E-state index in [9.17, 15) is 4.79 Å². The van der Waals surface area contributed by atoms with Gasteiger partial charge in [-0.1, -0.05) is 57.7 Å². The highest BCUT2D eigenvalue weighted by atomic mass is 16.6. The summed E-state index contributed by atoms with van der Waals surface area (Å²) in [7, 11) is 3.35. The van der Waals surface area contributed by atoms with Gasteiger partial charge in [-0.25, -0.2) is 4.79 Å². The van der Waals surface area contributed by atoms with Gasteiger partial charge in [0.1, 0.15) is 17.6 Å². The molecule has 7 atom stereocenters. The molecule has 2 saturated carbocycles. The van der Waals surface area contributed by atoms with Crippen molar-refractivity contribution < 1.29 is 28.5 Å². The molecule has 224 valence electrons. The minimum Gasteiger partial charge on any atom is -0.497 e. The van der Waals surface area contributed by atoms with Gasteiger partial charge in [-0.2, -0.15) is 0 Å². The Morgan fingerprint density at radius 3 is 2.10 bits per heavy atom. The van der Waals surface area contributed by atoms with E-state index in [1.54, 1.807) is 14.2 Å². The third-order valence-electron chi connectivity index (χ3n) is 10.8. The summed E-state index contributed by atoms with van der Waals surface area (Å²) in [6.45, 7) is 12.4. The van der Waals surface area contributed by atoms with Crippen LogP contribution in [0, 0.1) is 28.6 Å². The van der Waals surface area contributed by atoms with Crippen molar-refractivity contribution in [1.29, 1.82) is 0 Å². The highest BCUT2D eigenvalue weighted by Gasteiger charge is 2.63. The van der Waals surface area contributed by atoms with Crippen LogP contribution in [0.15, 0.2) is 72.3 Å². The Bertz CT molecular complexity index is 1340. The summed E-state index contributed by atoms with van der Waals surface area (Å²) >= 11 is 0. The molecule has 0 N–H and O–H groups in total. The fraction of sp³-hybridized carbons (Fsp3) is 0.528. The number of hydrogen-bond acceptors (Lipinski definition) is 6. The third kappa shape index (κ3) is 4.97. The van der Waals surface area contributed by atoms with E-state index in [0.717, 1.165) is 48.3 Å². The van der Waals surface area contributed by atoms with Gasteiger partial charge in [-0.3, -0.25) is 0 Å². The molecule has 2 aromatic carbocycles. The molecule has 6 heteroatoms. The van der Waals surface area contributed by atoms with E-state index in [2.05, 4.69) is 45.6 Å². The van der Waals surface area contributed by atoms with E-state index < -0.39 is 0 Å². The number of methoxy groups -OCH3 is 2. The zero-order chi connectivity index (χ0) is 29.6. The van der Waals surface area contributed by atoms with Crippen LogP contribution in [0.4, 0.5) is 0 Å². The molecule has 0 bridgehead atoms. The van der Waals surface area contributed by atoms with Crippen LogP contribution < -0.4 is 9.47 Å². The lowest BCUT2D eigenvalue weighted by molar-refractivity contribution is -0.178. The van der Waals surface area contributed by atoms with E-state index in [1.807, 2.05) is 36.4 Å². The van der Waals surface area contributed by atoms with Crippen molar-refractivity contribution >= 4 is 5.97 Å². The van der Waals surface area contributed by atoms with Gasteiger partial charge in [0.2, 0.25) is 0 Å². The Labute approximate surface area is 250 Å². The Morgan fingerprint density at radius 2 is 1.50 bits per heavy atom. The first-order valence-electron chi connectivity index (χ1n) is 15.2. The van der Waals surface area contributed by atoms with Crippen LogP contribution in [0.25, 0.3) is 0 Å². The summed E-state index contributed by atoms with van der Waals surface area (Å²) < 4.78 is 30.3. The summed E-state index contributed by atoms with van der Waals surface area (Å²) in [5, 5.41) is 0. The minimum absolute atomic E-state index is 0.0745. The van der Waals surface area contributed by atoms with E-state index >= 15 is 0 Å². The van der Waals surface area contributed by atoms with Crippen LogP contribution >= 0.6 is 0 Å². The molecule has 0 amide bonds. The minimum atomic E-state index is -0.324. The van der Waals surface area contributed by atoms with Crippen molar-refractivity contribution in [2.75, 3.05) is 14.2 Å². The molecule has 1 saturated heterocycles. The first kappa shape index (κ1) is 29.0. The van der Waals surface area contributed by atoms with Gasteiger partial charge in [0.05, 0.1) is 45.6 Å². The monoisotopic (exact) mass is 572 g/mol. The van der Waals surface area contributed by atoms with Gasteiger partial charge in [0, 0.05) is 11.0 Å². The lowest BCUT2D eigenvalue weighted by Gasteiger charge is -2.62. The molecule has 1 aliphatic heterocycles. The number of esters is 1. The molecule has 2 aromatic rings. The first-order valence-corrected chi connectivity index (χ1v) is 15.2. The smallest absolute Gasteiger partial charge is 0.334 e. The van der Waals surface area contributed by atoms with Crippen LogP contribution in [0.5, 0.6) is 11.5 Å². The van der Waals surface area contributed by atoms with E-state index in [4.69, 9.17) is 23.7 Å². The predicted octanol–water partition coefficient (Wildman–Crippen LogP) is 7.06. The Kier molecular flexibility index (Phi) is 7.73. The maximum Gasteiger partial charge on any atom is 0.334 e. The Morgan fingerprint density at radius 1 is 0.905 bits per heavy atom. The third-order valence-corrected chi connectivity index (χ3v) is 10.8. The van der Waals surface area contributed by atoms with Crippen molar-refractivity contribution in [1.82, 2.24) is 0 Å². The molecule has 42 heavy (non-hydrogen) atoms. The topological polar surface area (TPSA) is 63.2 Å². The fourth-order valence-electron chi connectivity index (χ4n) is 8.49. The van der Waals surface area contributed by atoms with Crippen molar-refractivity contribution in [3.05, 3.63) is 83.5 Å². The number of rotatable bonds is 8. The van der Waals surface area contributed by atoms with Crippen molar-refractivity contribution in [3.63, 3.8) is 0 Å². The molecule has 6 nitrogen and oxygen atoms in total. The number of fused-ring (bicyclic) bond motifs is 5. The molecule has 3 aliphatic carbocycles. The second-order valence-corrected chi connectivity index (χ2v) is 13.4. The predicted molar refractivity (Wildman–Crippen MR) is 161 cm³/mol. The molecular weight excluding hydrogens is 528 g/mol. The van der Waals surface area contributed by atoms with Crippen LogP contribution in [0.2, 0.25) is 0 Å². The second-order valence-electron chi connectivity index (χ2n) is 13.4. The number of hydrogen-bond donors (Lipinski definition) is 0. The fourth-order valence-corrected chi connectivity index (χ4v) is 8.49. The van der Waals surface area contributed by atoms with Crippen LogP contribution in [-0.4, -0.2) is 38.5 Å². The molecule has 0 spiro atoms. The normalized spacial score (nSPS) is 33.1. The molecule has 0 aromatic heterocycles. The lowest BCUT2D eigenvalue weighted by atomic mass is 9.45. The van der Waals surface area contributed by atoms with Crippen molar-refractivity contribution in [2.45, 2.75) is 78.0 Å². The summed E-state index contributed by atoms with van der Waals surface area (Å²) in [4.78, 5) is 12.9. The van der Waals surface area contributed by atoms with Gasteiger partial charge >= 0.3 is 5.97 Å². The summed E-state index contributed by atoms with van der Waals surface area (Å²) in [6.07, 6.45) is 5.84. The van der Waals surface area contributed by atoms with Gasteiger partial charge in [-0.05, 0) is 83.9 Å². The summed E-state index contributed by atoms with van der Waals surface area (Å²) in [5.74, 6) is 1.81. The van der Waals surface area contributed by atoms with Crippen LogP contribution in [0.1, 0.15) is 57.6 Å². The molecule has 6 rings (SSSR count). The van der Waals surface area contributed by atoms with Gasteiger partial charge < -0.3 is 23.7 Å². The van der Waals surface area contributed by atoms with E-state index in [1.165, 1.54) is 5.57 Å². The zero-order valence-corrected chi connectivity index (χ0v) is 25.6. The Balaban J connectivity index is 1.30. The van der Waals surface area contributed by atoms with Gasteiger partial charge in [-0.15, -0.1) is 0 Å². The van der Waals surface area contributed by atoms with Gasteiger partial charge in [0.15, 0.2) is 0 Å². The van der Waals surface area contributed by atoms with Crippen molar-refractivity contribution in [3.8, 4) is 11.5 Å². The molecule has 0 unspecified atom stereocenters. The summed E-state index contributed by atoms with van der Waals surface area (Å²) in [5.41, 5.74) is 4.01. The first-order chi connectivity index (χ1) is 20.2. The highest BCUT2D eigenvalue weighted by molar-refractivity contribution is 5.91.